The quantitative estimate of drug-likeness (QED) is 0.671. The van der Waals surface area contributed by atoms with Gasteiger partial charge in [0.1, 0.15) is 0 Å². The molecule has 0 unspecified atom stereocenters. The number of aryl methyl sites for hydroxylation is 1. The molecule has 0 heterocycles. The Hall–Kier alpha value is -1.82. The molecule has 0 bridgehead atoms. The van der Waals surface area contributed by atoms with Crippen LogP contribution in [0.5, 0.6) is 0 Å². The number of hydrogen-bond acceptors (Lipinski definition) is 0. The fraction of sp³-hybridized carbons (Fsp3) is 0.125. The van der Waals surface area contributed by atoms with Crippen molar-refractivity contribution in [2.45, 2.75) is 13.8 Å². The van der Waals surface area contributed by atoms with Crippen LogP contribution in [0.1, 0.15) is 18.1 Å². The molecule has 16 heavy (non-hydrogen) atoms. The highest BCUT2D eigenvalue weighted by atomic mass is 14.1. The highest BCUT2D eigenvalue weighted by Gasteiger charge is 2.05. The standard InChI is InChI=1S/C16H16/c1-12(2)15-10-9-13(3)11-16(15)14-7-5-4-6-8-14/h4-11H,1H2,2-3H3. The van der Waals surface area contributed by atoms with Gasteiger partial charge in [0.05, 0.1) is 0 Å². The second kappa shape index (κ2) is 4.36. The third kappa shape index (κ3) is 2.06. The smallest absolute Gasteiger partial charge is 0.0106 e. The van der Waals surface area contributed by atoms with Gasteiger partial charge in [0.15, 0.2) is 0 Å². The normalized spacial score (nSPS) is 10.1. The van der Waals surface area contributed by atoms with E-state index in [1.807, 2.05) is 6.07 Å². The molecule has 0 amide bonds. The zero-order valence-corrected chi connectivity index (χ0v) is 9.83. The van der Waals surface area contributed by atoms with Gasteiger partial charge in [0.25, 0.3) is 0 Å². The Labute approximate surface area is 97.3 Å². The average molecular weight is 208 g/mol. The van der Waals surface area contributed by atoms with E-state index in [0.29, 0.717) is 0 Å². The molecule has 0 saturated heterocycles. The third-order valence-electron chi connectivity index (χ3n) is 2.72. The van der Waals surface area contributed by atoms with Crippen molar-refractivity contribution in [2.75, 3.05) is 0 Å². The molecular formula is C16H16. The van der Waals surface area contributed by atoms with Crippen molar-refractivity contribution in [1.82, 2.24) is 0 Å². The predicted octanol–water partition coefficient (Wildman–Crippen LogP) is 4.70. The SMILES string of the molecule is C=C(C)c1ccc(C)cc1-c1ccccc1. The minimum absolute atomic E-state index is 1.11. The van der Waals surface area contributed by atoms with Crippen LogP contribution in [0.15, 0.2) is 55.1 Å². The number of rotatable bonds is 2. The molecule has 2 rings (SSSR count). The summed E-state index contributed by atoms with van der Waals surface area (Å²) >= 11 is 0. The molecule has 0 N–H and O–H groups in total. The van der Waals surface area contributed by atoms with Crippen molar-refractivity contribution >= 4 is 5.57 Å². The fourth-order valence-corrected chi connectivity index (χ4v) is 1.89. The van der Waals surface area contributed by atoms with Gasteiger partial charge in [-0.25, -0.2) is 0 Å². The van der Waals surface area contributed by atoms with Crippen LogP contribution >= 0.6 is 0 Å². The van der Waals surface area contributed by atoms with E-state index in [-0.39, 0.29) is 0 Å². The van der Waals surface area contributed by atoms with Gasteiger partial charge in [-0.15, -0.1) is 0 Å². The van der Waals surface area contributed by atoms with Crippen LogP contribution in [-0.2, 0) is 0 Å². The summed E-state index contributed by atoms with van der Waals surface area (Å²) in [7, 11) is 0. The summed E-state index contributed by atoms with van der Waals surface area (Å²) in [6, 6.07) is 17.0. The first-order valence-electron chi connectivity index (χ1n) is 5.50. The minimum Gasteiger partial charge on any atom is -0.0955 e. The Morgan fingerprint density at radius 1 is 1.00 bits per heavy atom. The molecule has 0 nitrogen and oxygen atoms in total. The first kappa shape index (κ1) is 10.7. The molecule has 0 atom stereocenters. The number of allylic oxidation sites excluding steroid dienone is 1. The lowest BCUT2D eigenvalue weighted by Crippen LogP contribution is -1.87. The van der Waals surface area contributed by atoms with E-state index >= 15 is 0 Å². The van der Waals surface area contributed by atoms with Gasteiger partial charge < -0.3 is 0 Å². The van der Waals surface area contributed by atoms with Crippen LogP contribution in [0.2, 0.25) is 0 Å². The van der Waals surface area contributed by atoms with E-state index < -0.39 is 0 Å². The fourth-order valence-electron chi connectivity index (χ4n) is 1.89. The van der Waals surface area contributed by atoms with Crippen molar-refractivity contribution < 1.29 is 0 Å². The number of hydrogen-bond donors (Lipinski definition) is 0. The maximum Gasteiger partial charge on any atom is -0.0106 e. The maximum atomic E-state index is 4.04. The van der Waals surface area contributed by atoms with E-state index in [4.69, 9.17) is 0 Å². The lowest BCUT2D eigenvalue weighted by molar-refractivity contribution is 1.44. The topological polar surface area (TPSA) is 0 Å². The van der Waals surface area contributed by atoms with Gasteiger partial charge in [0.2, 0.25) is 0 Å². The summed E-state index contributed by atoms with van der Waals surface area (Å²) in [5, 5.41) is 0. The second-order valence-electron chi connectivity index (χ2n) is 4.20. The van der Waals surface area contributed by atoms with Crippen LogP contribution in [0.25, 0.3) is 16.7 Å². The molecule has 0 saturated carbocycles. The first-order valence-corrected chi connectivity index (χ1v) is 5.50. The lowest BCUT2D eigenvalue weighted by Gasteiger charge is -2.10. The first-order chi connectivity index (χ1) is 7.68. The molecule has 0 spiro atoms. The van der Waals surface area contributed by atoms with Crippen LogP contribution in [0.4, 0.5) is 0 Å². The Balaban J connectivity index is 2.63. The molecule has 80 valence electrons. The molecule has 2 aromatic carbocycles. The van der Waals surface area contributed by atoms with Gasteiger partial charge in [-0.1, -0.05) is 66.2 Å². The Bertz CT molecular complexity index is 507. The summed E-state index contributed by atoms with van der Waals surface area (Å²) in [6.07, 6.45) is 0. The Kier molecular flexibility index (Phi) is 2.91. The van der Waals surface area contributed by atoms with Gasteiger partial charge in [-0.05, 0) is 30.5 Å². The molecule has 0 aliphatic rings. The van der Waals surface area contributed by atoms with E-state index in [1.54, 1.807) is 0 Å². The predicted molar refractivity (Wildman–Crippen MR) is 71.3 cm³/mol. The van der Waals surface area contributed by atoms with Gasteiger partial charge in [0, 0.05) is 0 Å². The van der Waals surface area contributed by atoms with Crippen molar-refractivity contribution in [3.8, 4) is 11.1 Å². The van der Waals surface area contributed by atoms with Crippen molar-refractivity contribution in [3.63, 3.8) is 0 Å². The minimum atomic E-state index is 1.11. The highest BCUT2D eigenvalue weighted by molar-refractivity contribution is 5.80. The zero-order chi connectivity index (χ0) is 11.5. The van der Waals surface area contributed by atoms with Crippen LogP contribution in [0.3, 0.4) is 0 Å². The van der Waals surface area contributed by atoms with Gasteiger partial charge in [-0.3, -0.25) is 0 Å². The molecule has 0 radical (unpaired) electrons. The molecule has 0 fully saturated rings. The second-order valence-corrected chi connectivity index (χ2v) is 4.20. The summed E-state index contributed by atoms with van der Waals surface area (Å²) in [4.78, 5) is 0. The van der Waals surface area contributed by atoms with E-state index in [0.717, 1.165) is 5.57 Å². The lowest BCUT2D eigenvalue weighted by atomic mass is 9.94. The number of benzene rings is 2. The average Bonchev–Trinajstić information content (AvgIpc) is 2.29. The Morgan fingerprint density at radius 2 is 1.69 bits per heavy atom. The molecule has 0 aliphatic carbocycles. The monoisotopic (exact) mass is 208 g/mol. The summed E-state index contributed by atoms with van der Waals surface area (Å²) in [5.74, 6) is 0. The van der Waals surface area contributed by atoms with Crippen molar-refractivity contribution in [3.05, 3.63) is 66.2 Å². The van der Waals surface area contributed by atoms with Crippen molar-refractivity contribution in [1.29, 1.82) is 0 Å². The zero-order valence-electron chi connectivity index (χ0n) is 9.83. The van der Waals surface area contributed by atoms with Gasteiger partial charge >= 0.3 is 0 Å². The largest absolute Gasteiger partial charge is 0.0955 e. The highest BCUT2D eigenvalue weighted by Crippen LogP contribution is 2.28. The molecule has 0 heteroatoms. The van der Waals surface area contributed by atoms with E-state index in [1.165, 1.54) is 22.3 Å². The van der Waals surface area contributed by atoms with E-state index in [9.17, 15) is 0 Å². The third-order valence-corrected chi connectivity index (χ3v) is 2.72. The van der Waals surface area contributed by atoms with Gasteiger partial charge in [-0.2, -0.15) is 0 Å². The molecule has 0 aromatic heterocycles. The summed E-state index contributed by atoms with van der Waals surface area (Å²) < 4.78 is 0. The van der Waals surface area contributed by atoms with Crippen LogP contribution in [0, 0.1) is 6.92 Å². The Morgan fingerprint density at radius 3 is 2.31 bits per heavy atom. The molecule has 0 aliphatic heterocycles. The van der Waals surface area contributed by atoms with Crippen LogP contribution in [-0.4, -0.2) is 0 Å². The van der Waals surface area contributed by atoms with Crippen LogP contribution < -0.4 is 0 Å². The van der Waals surface area contributed by atoms with Crippen molar-refractivity contribution in [2.24, 2.45) is 0 Å². The van der Waals surface area contributed by atoms with E-state index in [2.05, 4.69) is 62.9 Å². The summed E-state index contributed by atoms with van der Waals surface area (Å²) in [6.45, 7) is 8.21. The maximum absolute atomic E-state index is 4.04. The molecule has 2 aromatic rings. The molecular weight excluding hydrogens is 192 g/mol. The summed E-state index contributed by atoms with van der Waals surface area (Å²) in [5.41, 5.74) is 6.15.